The van der Waals surface area contributed by atoms with E-state index < -0.39 is 0 Å². The van der Waals surface area contributed by atoms with Crippen molar-refractivity contribution in [3.63, 3.8) is 0 Å². The molecular weight excluding hydrogens is 214 g/mol. The zero-order valence-corrected chi connectivity index (χ0v) is 10.8. The van der Waals surface area contributed by atoms with Crippen LogP contribution in [0, 0.1) is 0 Å². The van der Waals surface area contributed by atoms with Gasteiger partial charge >= 0.3 is 6.03 Å². The monoisotopic (exact) mass is 235 g/mol. The molecule has 0 aliphatic heterocycles. The lowest BCUT2D eigenvalue weighted by Crippen LogP contribution is -2.40. The number of nitrogens with zero attached hydrogens (tertiary/aromatic N) is 2. The Balaban J connectivity index is 2.69. The summed E-state index contributed by atoms with van der Waals surface area (Å²) >= 11 is 0. The van der Waals surface area contributed by atoms with E-state index in [2.05, 4.69) is 0 Å². The third kappa shape index (κ3) is 3.66. The second-order valence-corrected chi connectivity index (χ2v) is 4.05. The Hall–Kier alpha value is -1.71. The first-order valence-corrected chi connectivity index (χ1v) is 5.93. The third-order valence-corrected chi connectivity index (χ3v) is 2.81. The van der Waals surface area contributed by atoms with E-state index in [0.717, 1.165) is 17.8 Å². The average molecular weight is 235 g/mol. The first-order chi connectivity index (χ1) is 8.08. The molecule has 0 bridgehead atoms. The third-order valence-electron chi connectivity index (χ3n) is 2.81. The molecule has 2 N–H and O–H groups in total. The van der Waals surface area contributed by atoms with Crippen LogP contribution in [0.3, 0.4) is 0 Å². The highest BCUT2D eigenvalue weighted by Crippen LogP contribution is 2.09. The van der Waals surface area contributed by atoms with Gasteiger partial charge in [-0.15, -0.1) is 0 Å². The van der Waals surface area contributed by atoms with Gasteiger partial charge in [-0.3, -0.25) is 0 Å². The minimum Gasteiger partial charge on any atom is -0.399 e. The number of benzene rings is 1. The summed E-state index contributed by atoms with van der Waals surface area (Å²) in [6.45, 7) is 6.00. The molecule has 0 saturated carbocycles. The van der Waals surface area contributed by atoms with E-state index in [4.69, 9.17) is 5.73 Å². The maximum absolute atomic E-state index is 12.0. The summed E-state index contributed by atoms with van der Waals surface area (Å²) in [6.07, 6.45) is 0. The summed E-state index contributed by atoms with van der Waals surface area (Å²) in [5, 5.41) is 0. The van der Waals surface area contributed by atoms with Gasteiger partial charge in [-0.2, -0.15) is 0 Å². The van der Waals surface area contributed by atoms with Gasteiger partial charge in [0.25, 0.3) is 0 Å². The van der Waals surface area contributed by atoms with Gasteiger partial charge in [-0.1, -0.05) is 12.1 Å². The second-order valence-electron chi connectivity index (χ2n) is 4.05. The summed E-state index contributed by atoms with van der Waals surface area (Å²) in [5.74, 6) is 0. The van der Waals surface area contributed by atoms with Gasteiger partial charge in [0.05, 0.1) is 0 Å². The molecule has 1 aromatic rings. The molecule has 1 rings (SSSR count). The molecule has 0 fully saturated rings. The number of carbonyl (C=O) groups excluding carboxylic acids is 1. The highest BCUT2D eigenvalue weighted by atomic mass is 16.2. The quantitative estimate of drug-likeness (QED) is 0.813. The van der Waals surface area contributed by atoms with Gasteiger partial charge < -0.3 is 15.5 Å². The lowest BCUT2D eigenvalue weighted by Gasteiger charge is -2.26. The number of hydrogen-bond donors (Lipinski definition) is 1. The molecule has 0 aliphatic rings. The fourth-order valence-electron chi connectivity index (χ4n) is 1.53. The number of hydrogen-bond acceptors (Lipinski definition) is 2. The minimum absolute atomic E-state index is 0.0619. The molecule has 2 amide bonds. The normalized spacial score (nSPS) is 10.1. The Morgan fingerprint density at radius 3 is 2.24 bits per heavy atom. The van der Waals surface area contributed by atoms with Crippen LogP contribution in [-0.4, -0.2) is 36.0 Å². The Morgan fingerprint density at radius 1 is 1.18 bits per heavy atom. The smallest absolute Gasteiger partial charge is 0.320 e. The fourth-order valence-corrected chi connectivity index (χ4v) is 1.53. The Morgan fingerprint density at radius 2 is 1.76 bits per heavy atom. The topological polar surface area (TPSA) is 49.6 Å². The number of nitrogen functional groups attached to an aromatic ring is 1. The van der Waals surface area contributed by atoms with Crippen LogP contribution in [0.5, 0.6) is 0 Å². The molecule has 0 saturated heterocycles. The predicted octanol–water partition coefficient (Wildman–Crippen LogP) is 2.16. The number of urea groups is 1. The Kier molecular flexibility index (Phi) is 4.82. The van der Waals surface area contributed by atoms with E-state index in [1.54, 1.807) is 4.90 Å². The molecule has 0 atom stereocenters. The van der Waals surface area contributed by atoms with Crippen LogP contribution < -0.4 is 5.73 Å². The first kappa shape index (κ1) is 13.4. The van der Waals surface area contributed by atoms with Gasteiger partial charge in [-0.25, -0.2) is 4.79 Å². The van der Waals surface area contributed by atoms with Gasteiger partial charge in [0, 0.05) is 32.4 Å². The van der Waals surface area contributed by atoms with Crippen molar-refractivity contribution in [2.75, 3.05) is 25.9 Å². The molecule has 0 spiro atoms. The highest BCUT2D eigenvalue weighted by Gasteiger charge is 2.15. The molecule has 0 unspecified atom stereocenters. The summed E-state index contributed by atoms with van der Waals surface area (Å²) in [7, 11) is 1.81. The Bertz CT molecular complexity index is 361. The molecule has 0 aromatic heterocycles. The first-order valence-electron chi connectivity index (χ1n) is 5.93. The number of carbonyl (C=O) groups is 1. The van der Waals surface area contributed by atoms with Crippen molar-refractivity contribution in [1.29, 1.82) is 0 Å². The van der Waals surface area contributed by atoms with Crippen LogP contribution in [0.2, 0.25) is 0 Å². The summed E-state index contributed by atoms with van der Waals surface area (Å²) in [6, 6.07) is 7.69. The van der Waals surface area contributed by atoms with Crippen LogP contribution in [0.1, 0.15) is 19.4 Å². The van der Waals surface area contributed by atoms with Crippen LogP contribution >= 0.6 is 0 Å². The van der Waals surface area contributed by atoms with Crippen LogP contribution in [0.25, 0.3) is 0 Å². The molecule has 0 heterocycles. The second kappa shape index (κ2) is 6.13. The molecule has 0 aliphatic carbocycles. The standard InChI is InChI=1S/C13H21N3O/c1-4-15(3)13(17)16(5-2)10-11-6-8-12(14)9-7-11/h6-9H,4-5,10,14H2,1-3H3. The van der Waals surface area contributed by atoms with E-state index in [1.807, 2.05) is 50.1 Å². The molecule has 0 radical (unpaired) electrons. The van der Waals surface area contributed by atoms with Crippen molar-refractivity contribution in [2.45, 2.75) is 20.4 Å². The number of amides is 2. The van der Waals surface area contributed by atoms with E-state index in [0.29, 0.717) is 13.1 Å². The molecule has 17 heavy (non-hydrogen) atoms. The molecule has 4 nitrogen and oxygen atoms in total. The lowest BCUT2D eigenvalue weighted by atomic mass is 10.2. The van der Waals surface area contributed by atoms with Crippen molar-refractivity contribution in [3.8, 4) is 0 Å². The van der Waals surface area contributed by atoms with Crippen molar-refractivity contribution >= 4 is 11.7 Å². The van der Waals surface area contributed by atoms with Gasteiger partial charge in [-0.05, 0) is 31.5 Å². The molecule has 1 aromatic carbocycles. The van der Waals surface area contributed by atoms with Gasteiger partial charge in [0.1, 0.15) is 0 Å². The number of rotatable bonds is 4. The van der Waals surface area contributed by atoms with Crippen molar-refractivity contribution in [2.24, 2.45) is 0 Å². The van der Waals surface area contributed by atoms with E-state index in [9.17, 15) is 4.79 Å². The number of anilines is 1. The molecule has 4 heteroatoms. The maximum atomic E-state index is 12.0. The average Bonchev–Trinajstić information content (AvgIpc) is 2.36. The largest absolute Gasteiger partial charge is 0.399 e. The lowest BCUT2D eigenvalue weighted by molar-refractivity contribution is 0.164. The molecule has 94 valence electrons. The zero-order valence-electron chi connectivity index (χ0n) is 10.8. The van der Waals surface area contributed by atoms with E-state index in [1.165, 1.54) is 0 Å². The van der Waals surface area contributed by atoms with Crippen molar-refractivity contribution in [3.05, 3.63) is 29.8 Å². The van der Waals surface area contributed by atoms with Crippen LogP contribution in [0.4, 0.5) is 10.5 Å². The maximum Gasteiger partial charge on any atom is 0.320 e. The summed E-state index contributed by atoms with van der Waals surface area (Å²) in [5.41, 5.74) is 7.47. The van der Waals surface area contributed by atoms with Crippen molar-refractivity contribution in [1.82, 2.24) is 9.80 Å². The summed E-state index contributed by atoms with van der Waals surface area (Å²) < 4.78 is 0. The highest BCUT2D eigenvalue weighted by molar-refractivity contribution is 5.74. The van der Waals surface area contributed by atoms with E-state index in [-0.39, 0.29) is 6.03 Å². The van der Waals surface area contributed by atoms with Crippen LogP contribution in [-0.2, 0) is 6.54 Å². The SMILES string of the molecule is CCN(C)C(=O)N(CC)Cc1ccc(N)cc1. The summed E-state index contributed by atoms with van der Waals surface area (Å²) in [4.78, 5) is 15.5. The minimum atomic E-state index is 0.0619. The number of nitrogens with two attached hydrogens (primary N) is 1. The van der Waals surface area contributed by atoms with Gasteiger partial charge in [0.2, 0.25) is 0 Å². The zero-order chi connectivity index (χ0) is 12.8. The van der Waals surface area contributed by atoms with Crippen molar-refractivity contribution < 1.29 is 4.79 Å². The fraction of sp³-hybridized carbons (Fsp3) is 0.462. The van der Waals surface area contributed by atoms with E-state index >= 15 is 0 Å². The molecular formula is C13H21N3O. The predicted molar refractivity (Wildman–Crippen MR) is 70.6 cm³/mol. The van der Waals surface area contributed by atoms with Gasteiger partial charge in [0.15, 0.2) is 0 Å². The Labute approximate surface area is 103 Å². The van der Waals surface area contributed by atoms with Crippen LogP contribution in [0.15, 0.2) is 24.3 Å².